The Morgan fingerprint density at radius 3 is 2.71 bits per heavy atom. The average Bonchev–Trinajstić information content (AvgIpc) is 2.20. The summed E-state index contributed by atoms with van der Waals surface area (Å²) in [4.78, 5) is 4.17. The predicted molar refractivity (Wildman–Crippen MR) is 57.2 cm³/mol. The van der Waals surface area contributed by atoms with Crippen LogP contribution >= 0.6 is 0 Å². The Morgan fingerprint density at radius 2 is 2.21 bits per heavy atom. The number of pyridine rings is 1. The van der Waals surface area contributed by atoms with Crippen molar-refractivity contribution < 1.29 is 4.74 Å². The zero-order valence-electron chi connectivity index (χ0n) is 8.86. The Hall–Kier alpha value is -1.09. The van der Waals surface area contributed by atoms with Crippen molar-refractivity contribution >= 4 is 0 Å². The first-order chi connectivity index (χ1) is 6.77. The van der Waals surface area contributed by atoms with E-state index in [1.807, 2.05) is 19.1 Å². The van der Waals surface area contributed by atoms with Crippen LogP contribution in [0, 0.1) is 0 Å². The monoisotopic (exact) mass is 194 g/mol. The van der Waals surface area contributed by atoms with Crippen molar-refractivity contribution in [2.24, 2.45) is 5.73 Å². The van der Waals surface area contributed by atoms with E-state index in [1.54, 1.807) is 6.20 Å². The molecule has 0 radical (unpaired) electrons. The van der Waals surface area contributed by atoms with Gasteiger partial charge < -0.3 is 10.5 Å². The van der Waals surface area contributed by atoms with E-state index in [-0.39, 0.29) is 6.04 Å². The summed E-state index contributed by atoms with van der Waals surface area (Å²) in [6, 6.07) is 3.95. The zero-order valence-corrected chi connectivity index (χ0v) is 8.86. The number of hydrogen-bond donors (Lipinski definition) is 1. The molecule has 78 valence electrons. The van der Waals surface area contributed by atoms with Crippen LogP contribution in [0.25, 0.3) is 0 Å². The van der Waals surface area contributed by atoms with E-state index in [9.17, 15) is 0 Å². The lowest BCUT2D eigenvalue weighted by molar-refractivity contribution is 0.326. The molecule has 1 unspecified atom stereocenters. The van der Waals surface area contributed by atoms with Gasteiger partial charge in [0.15, 0.2) is 0 Å². The van der Waals surface area contributed by atoms with Crippen molar-refractivity contribution in [1.29, 1.82) is 0 Å². The lowest BCUT2D eigenvalue weighted by atomic mass is 10.1. The van der Waals surface area contributed by atoms with E-state index in [0.29, 0.717) is 12.5 Å². The molecule has 0 fully saturated rings. The highest BCUT2D eigenvalue weighted by molar-refractivity contribution is 5.20. The second-order valence-electron chi connectivity index (χ2n) is 3.26. The van der Waals surface area contributed by atoms with Gasteiger partial charge in [0.25, 0.3) is 0 Å². The molecule has 0 aliphatic carbocycles. The molecule has 1 rings (SSSR count). The van der Waals surface area contributed by atoms with Crippen LogP contribution in [0.5, 0.6) is 5.88 Å². The van der Waals surface area contributed by atoms with E-state index in [1.165, 1.54) is 0 Å². The third kappa shape index (κ3) is 3.00. The van der Waals surface area contributed by atoms with E-state index in [0.717, 1.165) is 18.4 Å². The summed E-state index contributed by atoms with van der Waals surface area (Å²) >= 11 is 0. The number of nitrogens with two attached hydrogens (primary N) is 1. The molecular weight excluding hydrogens is 176 g/mol. The highest BCUT2D eigenvalue weighted by Gasteiger charge is 2.04. The Balaban J connectivity index is 2.62. The van der Waals surface area contributed by atoms with Crippen molar-refractivity contribution in [2.45, 2.75) is 32.7 Å². The summed E-state index contributed by atoms with van der Waals surface area (Å²) in [6.07, 6.45) is 3.88. The average molecular weight is 194 g/mol. The second-order valence-corrected chi connectivity index (χ2v) is 3.26. The molecule has 3 nitrogen and oxygen atoms in total. The Morgan fingerprint density at radius 1 is 1.43 bits per heavy atom. The van der Waals surface area contributed by atoms with Crippen LogP contribution in [0.2, 0.25) is 0 Å². The van der Waals surface area contributed by atoms with E-state index in [2.05, 4.69) is 11.9 Å². The van der Waals surface area contributed by atoms with E-state index in [4.69, 9.17) is 10.5 Å². The maximum absolute atomic E-state index is 5.95. The van der Waals surface area contributed by atoms with Crippen LogP contribution in [-0.2, 0) is 0 Å². The summed E-state index contributed by atoms with van der Waals surface area (Å²) in [7, 11) is 0. The van der Waals surface area contributed by atoms with Crippen molar-refractivity contribution in [3.63, 3.8) is 0 Å². The van der Waals surface area contributed by atoms with Gasteiger partial charge in [0.1, 0.15) is 0 Å². The number of nitrogens with zero attached hydrogens (tertiary/aromatic N) is 1. The third-order valence-corrected chi connectivity index (χ3v) is 2.08. The molecule has 14 heavy (non-hydrogen) atoms. The molecule has 2 N–H and O–H groups in total. The molecule has 0 spiro atoms. The quantitative estimate of drug-likeness (QED) is 0.782. The molecule has 1 aromatic heterocycles. The second kappa shape index (κ2) is 5.60. The smallest absolute Gasteiger partial charge is 0.213 e. The highest BCUT2D eigenvalue weighted by atomic mass is 16.5. The normalized spacial score (nSPS) is 12.5. The zero-order chi connectivity index (χ0) is 10.4. The number of aromatic nitrogens is 1. The summed E-state index contributed by atoms with van der Waals surface area (Å²) in [5, 5.41) is 0. The van der Waals surface area contributed by atoms with Crippen LogP contribution in [0.1, 0.15) is 38.3 Å². The standard InChI is InChI=1S/C11H18N2O/c1-3-5-10(12)9-6-7-11(13-8-9)14-4-2/h6-8,10H,3-5,12H2,1-2H3. The van der Waals surface area contributed by atoms with Crippen LogP contribution in [0.15, 0.2) is 18.3 Å². The molecule has 1 atom stereocenters. The molecule has 0 bridgehead atoms. The lowest BCUT2D eigenvalue weighted by Gasteiger charge is -2.10. The van der Waals surface area contributed by atoms with Gasteiger partial charge in [-0.2, -0.15) is 0 Å². The third-order valence-electron chi connectivity index (χ3n) is 2.08. The van der Waals surface area contributed by atoms with Crippen LogP contribution < -0.4 is 10.5 Å². The van der Waals surface area contributed by atoms with Gasteiger partial charge in [0.2, 0.25) is 5.88 Å². The molecule has 1 heterocycles. The predicted octanol–water partition coefficient (Wildman–Crippen LogP) is 2.28. The van der Waals surface area contributed by atoms with Gasteiger partial charge in [0, 0.05) is 18.3 Å². The van der Waals surface area contributed by atoms with Gasteiger partial charge in [-0.15, -0.1) is 0 Å². The Kier molecular flexibility index (Phi) is 4.40. The van der Waals surface area contributed by atoms with Gasteiger partial charge >= 0.3 is 0 Å². The van der Waals surface area contributed by atoms with Crippen LogP contribution in [0.3, 0.4) is 0 Å². The fraction of sp³-hybridized carbons (Fsp3) is 0.545. The molecule has 0 aliphatic rings. The fourth-order valence-electron chi connectivity index (χ4n) is 1.32. The summed E-state index contributed by atoms with van der Waals surface area (Å²) in [5.74, 6) is 0.667. The maximum Gasteiger partial charge on any atom is 0.213 e. The number of rotatable bonds is 5. The molecule has 0 amide bonds. The molecule has 0 aliphatic heterocycles. The van der Waals surface area contributed by atoms with E-state index >= 15 is 0 Å². The summed E-state index contributed by atoms with van der Waals surface area (Å²) in [6.45, 7) is 4.72. The SMILES string of the molecule is CCCC(N)c1ccc(OCC)nc1. The largest absolute Gasteiger partial charge is 0.478 e. The fourth-order valence-corrected chi connectivity index (χ4v) is 1.32. The van der Waals surface area contributed by atoms with Crippen LogP contribution in [0.4, 0.5) is 0 Å². The van der Waals surface area contributed by atoms with E-state index < -0.39 is 0 Å². The van der Waals surface area contributed by atoms with Crippen LogP contribution in [-0.4, -0.2) is 11.6 Å². The van der Waals surface area contributed by atoms with Crippen molar-refractivity contribution in [3.8, 4) is 5.88 Å². The minimum atomic E-state index is 0.100. The summed E-state index contributed by atoms with van der Waals surface area (Å²) in [5.41, 5.74) is 7.03. The highest BCUT2D eigenvalue weighted by Crippen LogP contribution is 2.16. The molecular formula is C11H18N2O. The molecule has 0 aromatic carbocycles. The maximum atomic E-state index is 5.95. The van der Waals surface area contributed by atoms with Crippen molar-refractivity contribution in [3.05, 3.63) is 23.9 Å². The minimum absolute atomic E-state index is 0.100. The van der Waals surface area contributed by atoms with Gasteiger partial charge in [-0.25, -0.2) is 4.98 Å². The lowest BCUT2D eigenvalue weighted by Crippen LogP contribution is -2.10. The topological polar surface area (TPSA) is 48.1 Å². The van der Waals surface area contributed by atoms with Gasteiger partial charge in [-0.1, -0.05) is 19.4 Å². The number of hydrogen-bond acceptors (Lipinski definition) is 3. The molecule has 0 saturated heterocycles. The van der Waals surface area contributed by atoms with Gasteiger partial charge in [-0.3, -0.25) is 0 Å². The first-order valence-corrected chi connectivity index (χ1v) is 5.12. The van der Waals surface area contributed by atoms with Gasteiger partial charge in [-0.05, 0) is 18.9 Å². The first-order valence-electron chi connectivity index (χ1n) is 5.12. The first kappa shape index (κ1) is 11.0. The molecule has 0 saturated carbocycles. The summed E-state index contributed by atoms with van der Waals surface area (Å²) < 4.78 is 5.25. The minimum Gasteiger partial charge on any atom is -0.478 e. The Bertz CT molecular complexity index is 258. The van der Waals surface area contributed by atoms with Crippen molar-refractivity contribution in [2.75, 3.05) is 6.61 Å². The van der Waals surface area contributed by atoms with Crippen molar-refractivity contribution in [1.82, 2.24) is 4.98 Å². The molecule has 3 heteroatoms. The van der Waals surface area contributed by atoms with Gasteiger partial charge in [0.05, 0.1) is 6.61 Å². The number of ether oxygens (including phenoxy) is 1. The Labute approximate surface area is 85.3 Å². The molecule has 1 aromatic rings.